The van der Waals surface area contributed by atoms with E-state index in [-0.39, 0.29) is 0 Å². The lowest BCUT2D eigenvalue weighted by Crippen LogP contribution is -2.31. The van der Waals surface area contributed by atoms with Crippen molar-refractivity contribution in [2.24, 2.45) is 0 Å². The first-order chi connectivity index (χ1) is 22.4. The molecule has 2 aromatic carbocycles. The first-order valence-electron chi connectivity index (χ1n) is 13.8. The summed E-state index contributed by atoms with van der Waals surface area (Å²) in [5.41, 5.74) is -6.00. The van der Waals surface area contributed by atoms with E-state index in [1.807, 2.05) is 0 Å². The van der Waals surface area contributed by atoms with Crippen LogP contribution in [0.5, 0.6) is 11.5 Å². The lowest BCUT2D eigenvalue weighted by molar-refractivity contribution is -0.404. The number of rotatable bonds is 16. The second kappa shape index (κ2) is 20.6. The molecule has 2 N–H and O–H groups in total. The van der Waals surface area contributed by atoms with Crippen LogP contribution in [0.3, 0.4) is 0 Å². The SMILES string of the molecule is CCN(CC)CCS(=O)CCN(CC)CC.O=[N+]([O-])c1cc([N+](=O)[O-])c(O)c([N+](=O)[O-])c1.O=[N+]([O-])c1cc([N+](=O)[O-])c(O)c([N+](=O)[O-])c1. The molecule has 0 saturated carbocycles. The average molecular weight is 707 g/mol. The van der Waals surface area contributed by atoms with E-state index in [0.717, 1.165) is 50.8 Å². The van der Waals surface area contributed by atoms with Crippen molar-refractivity contribution in [2.45, 2.75) is 27.7 Å². The molecule has 0 fully saturated rings. The van der Waals surface area contributed by atoms with Crippen molar-refractivity contribution in [1.82, 2.24) is 9.80 Å². The Morgan fingerprint density at radius 2 is 0.750 bits per heavy atom. The van der Waals surface area contributed by atoms with Crippen molar-refractivity contribution >= 4 is 44.9 Å². The molecule has 0 unspecified atom stereocenters. The van der Waals surface area contributed by atoms with E-state index in [9.17, 15) is 64.9 Å². The maximum Gasteiger partial charge on any atom is 0.324 e. The van der Waals surface area contributed by atoms with Crippen molar-refractivity contribution in [1.29, 1.82) is 0 Å². The van der Waals surface area contributed by atoms with Crippen LogP contribution in [-0.4, -0.2) is 105 Å². The fourth-order valence-corrected chi connectivity index (χ4v) is 4.72. The summed E-state index contributed by atoms with van der Waals surface area (Å²) in [7, 11) is -0.651. The van der Waals surface area contributed by atoms with Crippen LogP contribution in [0.25, 0.3) is 0 Å². The highest BCUT2D eigenvalue weighted by atomic mass is 32.2. The highest BCUT2D eigenvalue weighted by Gasteiger charge is 2.31. The molecule has 0 saturated heterocycles. The van der Waals surface area contributed by atoms with Crippen LogP contribution in [-0.2, 0) is 10.8 Å². The second-order valence-electron chi connectivity index (χ2n) is 9.11. The van der Waals surface area contributed by atoms with Crippen molar-refractivity contribution in [3.8, 4) is 11.5 Å². The van der Waals surface area contributed by atoms with Gasteiger partial charge in [-0.25, -0.2) is 0 Å². The molecule has 0 aliphatic rings. The summed E-state index contributed by atoms with van der Waals surface area (Å²) in [5, 5.41) is 80.4. The standard InChI is InChI=1S/C12H28N2OS.2C6H3N3O7/c1-5-13(6-2)9-11-16(15)12-10-14(7-3)8-4;2*10-6-4(8(13)14)1-3(7(11)12)2-5(6)9(15)16/h5-12H2,1-4H3;2*1-2,10H. The molecule has 0 aliphatic carbocycles. The van der Waals surface area contributed by atoms with Gasteiger partial charge in [0.05, 0.1) is 53.8 Å². The minimum atomic E-state index is -1.21. The van der Waals surface area contributed by atoms with Crippen LogP contribution in [0.2, 0.25) is 0 Å². The number of non-ortho nitro benzene ring substituents is 2. The highest BCUT2D eigenvalue weighted by molar-refractivity contribution is 7.85. The lowest BCUT2D eigenvalue weighted by Gasteiger charge is -2.19. The Labute approximate surface area is 273 Å². The molecule has 2 rings (SSSR count). The maximum atomic E-state index is 11.8. The first kappa shape index (κ1) is 42.5. The molecule has 2 aromatic rings. The van der Waals surface area contributed by atoms with Gasteiger partial charge in [0.1, 0.15) is 0 Å². The van der Waals surface area contributed by atoms with Crippen LogP contribution < -0.4 is 0 Å². The van der Waals surface area contributed by atoms with E-state index in [4.69, 9.17) is 10.2 Å². The summed E-state index contributed by atoms with van der Waals surface area (Å²) >= 11 is 0. The number of nitro benzene ring substituents is 6. The van der Waals surface area contributed by atoms with Gasteiger partial charge in [-0.2, -0.15) is 0 Å². The molecular weight excluding hydrogens is 672 g/mol. The zero-order valence-electron chi connectivity index (χ0n) is 26.2. The number of benzene rings is 2. The molecule has 23 nitrogen and oxygen atoms in total. The van der Waals surface area contributed by atoms with E-state index in [1.165, 1.54) is 0 Å². The average Bonchev–Trinajstić information content (AvgIpc) is 3.02. The summed E-state index contributed by atoms with van der Waals surface area (Å²) in [6.07, 6.45) is 0. The molecule has 0 amide bonds. The monoisotopic (exact) mass is 706 g/mol. The summed E-state index contributed by atoms with van der Waals surface area (Å²) < 4.78 is 11.8. The number of phenols is 2. The zero-order chi connectivity index (χ0) is 37.3. The fourth-order valence-electron chi connectivity index (χ4n) is 3.59. The number of phenolic OH excluding ortho intramolecular Hbond substituents is 2. The van der Waals surface area contributed by atoms with Gasteiger partial charge < -0.3 is 20.0 Å². The van der Waals surface area contributed by atoms with E-state index >= 15 is 0 Å². The van der Waals surface area contributed by atoms with Crippen molar-refractivity contribution in [3.05, 3.63) is 85.0 Å². The molecule has 0 atom stereocenters. The molecule has 48 heavy (non-hydrogen) atoms. The third-order valence-electron chi connectivity index (χ3n) is 6.38. The molecular formula is C24H34N8O15S. The zero-order valence-corrected chi connectivity index (χ0v) is 27.0. The van der Waals surface area contributed by atoms with Crippen LogP contribution in [0.15, 0.2) is 24.3 Å². The van der Waals surface area contributed by atoms with E-state index < -0.39 is 86.0 Å². The quantitative estimate of drug-likeness (QED) is 0.186. The third kappa shape index (κ3) is 13.5. The van der Waals surface area contributed by atoms with Gasteiger partial charge in [-0.05, 0) is 26.2 Å². The minimum Gasteiger partial charge on any atom is -0.497 e. The second-order valence-corrected chi connectivity index (χ2v) is 10.8. The Morgan fingerprint density at radius 1 is 0.521 bits per heavy atom. The molecule has 266 valence electrons. The number of nitro groups is 6. The molecule has 0 bridgehead atoms. The van der Waals surface area contributed by atoms with Gasteiger partial charge in [0.15, 0.2) is 0 Å². The smallest absolute Gasteiger partial charge is 0.324 e. The Morgan fingerprint density at radius 3 is 0.917 bits per heavy atom. The van der Waals surface area contributed by atoms with E-state index in [1.54, 1.807) is 0 Å². The van der Waals surface area contributed by atoms with Crippen molar-refractivity contribution < 1.29 is 44.0 Å². The van der Waals surface area contributed by atoms with E-state index in [0.29, 0.717) is 24.3 Å². The predicted molar refractivity (Wildman–Crippen MR) is 170 cm³/mol. The molecule has 0 radical (unpaired) electrons. The molecule has 0 aromatic heterocycles. The third-order valence-corrected chi connectivity index (χ3v) is 7.65. The van der Waals surface area contributed by atoms with Crippen molar-refractivity contribution in [3.63, 3.8) is 0 Å². The fraction of sp³-hybridized carbons (Fsp3) is 0.500. The number of aromatic hydroxyl groups is 2. The maximum absolute atomic E-state index is 11.8. The molecule has 0 aliphatic heterocycles. The van der Waals surface area contributed by atoms with Crippen LogP contribution in [0, 0.1) is 60.7 Å². The van der Waals surface area contributed by atoms with Crippen molar-refractivity contribution in [2.75, 3.05) is 50.8 Å². The number of hydrogen-bond donors (Lipinski definition) is 2. The minimum absolute atomic E-state index is 0.447. The summed E-state index contributed by atoms with van der Waals surface area (Å²) in [5.74, 6) is -0.771. The summed E-state index contributed by atoms with van der Waals surface area (Å²) in [4.78, 5) is 60.2. The van der Waals surface area contributed by atoms with Gasteiger partial charge in [-0.3, -0.25) is 64.9 Å². The lowest BCUT2D eigenvalue weighted by atomic mass is 10.2. The summed E-state index contributed by atoms with van der Waals surface area (Å²) in [6, 6.07) is 1.79. The first-order valence-corrected chi connectivity index (χ1v) is 15.2. The molecule has 0 spiro atoms. The Bertz CT molecular complexity index is 1340. The Balaban J connectivity index is 0.000000690. The highest BCUT2D eigenvalue weighted by Crippen LogP contribution is 2.40. The predicted octanol–water partition coefficient (Wildman–Crippen LogP) is 3.65. The largest absolute Gasteiger partial charge is 0.497 e. The van der Waals surface area contributed by atoms with Gasteiger partial charge in [0.2, 0.25) is 0 Å². The summed E-state index contributed by atoms with van der Waals surface area (Å²) in [6.45, 7) is 14.8. The van der Waals surface area contributed by atoms with Gasteiger partial charge in [-0.1, -0.05) is 27.7 Å². The van der Waals surface area contributed by atoms with Gasteiger partial charge in [0, 0.05) is 35.4 Å². The Hall–Kier alpha value is -5.49. The number of nitrogens with zero attached hydrogens (tertiary/aromatic N) is 8. The van der Waals surface area contributed by atoms with Crippen LogP contribution in [0.4, 0.5) is 34.1 Å². The Kier molecular flexibility index (Phi) is 18.2. The molecule has 0 heterocycles. The van der Waals surface area contributed by atoms with Crippen LogP contribution in [0.1, 0.15) is 27.7 Å². The van der Waals surface area contributed by atoms with Gasteiger partial charge in [0.25, 0.3) is 22.9 Å². The van der Waals surface area contributed by atoms with E-state index in [2.05, 4.69) is 37.5 Å². The topological polar surface area (TPSA) is 323 Å². The van der Waals surface area contributed by atoms with Crippen LogP contribution >= 0.6 is 0 Å². The van der Waals surface area contributed by atoms with Gasteiger partial charge >= 0.3 is 22.7 Å². The number of hydrogen-bond acceptors (Lipinski definition) is 17. The van der Waals surface area contributed by atoms with Gasteiger partial charge in [-0.15, -0.1) is 0 Å². The molecule has 24 heteroatoms. The normalized spacial score (nSPS) is 10.5.